The van der Waals surface area contributed by atoms with E-state index in [-0.39, 0.29) is 11.3 Å². The lowest BCUT2D eigenvalue weighted by Gasteiger charge is -2.08. The molecule has 1 amide bonds. The summed E-state index contributed by atoms with van der Waals surface area (Å²) in [4.78, 5) is 12.0. The van der Waals surface area contributed by atoms with Crippen molar-refractivity contribution in [3.63, 3.8) is 0 Å². The van der Waals surface area contributed by atoms with Gasteiger partial charge in [0.05, 0.1) is 16.8 Å². The van der Waals surface area contributed by atoms with Crippen molar-refractivity contribution in [1.82, 2.24) is 5.43 Å². The number of hydrogen-bond acceptors (Lipinski definition) is 4. The van der Waals surface area contributed by atoms with Crippen LogP contribution in [0.2, 0.25) is 5.02 Å². The molecule has 0 heterocycles. The lowest BCUT2D eigenvalue weighted by atomic mass is 10.2. The molecule has 136 valence electrons. The summed E-state index contributed by atoms with van der Waals surface area (Å²) in [5.74, 6) is -0.0395. The first-order chi connectivity index (χ1) is 13.1. The Morgan fingerprint density at radius 2 is 1.81 bits per heavy atom. The molecule has 3 rings (SSSR count). The van der Waals surface area contributed by atoms with E-state index in [1.54, 1.807) is 30.3 Å². The standard InChI is InChI=1S/C21H17ClN2O3/c22-18-12-16(10-11-20(18)27-14-15-6-2-1-3-7-15)13-23-24-21(26)17-8-4-5-9-19(17)25/h1-13,25H,14H2,(H,24,26)/b23-13-. The minimum atomic E-state index is -0.502. The number of aromatic hydroxyl groups is 1. The minimum absolute atomic E-state index is 0.104. The Morgan fingerprint density at radius 1 is 1.07 bits per heavy atom. The first-order valence-electron chi connectivity index (χ1n) is 8.21. The van der Waals surface area contributed by atoms with Gasteiger partial charge in [0, 0.05) is 0 Å². The van der Waals surface area contributed by atoms with E-state index in [2.05, 4.69) is 10.5 Å². The molecule has 0 saturated heterocycles. The smallest absolute Gasteiger partial charge is 0.275 e. The van der Waals surface area contributed by atoms with Gasteiger partial charge in [-0.25, -0.2) is 5.43 Å². The topological polar surface area (TPSA) is 70.9 Å². The number of rotatable bonds is 6. The van der Waals surface area contributed by atoms with Crippen molar-refractivity contribution in [1.29, 1.82) is 0 Å². The Labute approximate surface area is 161 Å². The monoisotopic (exact) mass is 380 g/mol. The maximum Gasteiger partial charge on any atom is 0.275 e. The van der Waals surface area contributed by atoms with E-state index in [4.69, 9.17) is 16.3 Å². The third kappa shape index (κ3) is 5.09. The molecule has 0 radical (unpaired) electrons. The predicted molar refractivity (Wildman–Crippen MR) is 105 cm³/mol. The summed E-state index contributed by atoms with van der Waals surface area (Å²) >= 11 is 6.25. The maximum absolute atomic E-state index is 12.0. The molecule has 0 spiro atoms. The van der Waals surface area contributed by atoms with E-state index < -0.39 is 5.91 Å². The van der Waals surface area contributed by atoms with E-state index in [9.17, 15) is 9.90 Å². The fraction of sp³-hybridized carbons (Fsp3) is 0.0476. The molecule has 6 heteroatoms. The normalized spacial score (nSPS) is 10.7. The third-order valence-electron chi connectivity index (χ3n) is 3.72. The molecule has 5 nitrogen and oxygen atoms in total. The van der Waals surface area contributed by atoms with Crippen molar-refractivity contribution in [2.24, 2.45) is 5.10 Å². The zero-order valence-electron chi connectivity index (χ0n) is 14.3. The third-order valence-corrected chi connectivity index (χ3v) is 4.02. The molecule has 0 bridgehead atoms. The van der Waals surface area contributed by atoms with Gasteiger partial charge < -0.3 is 9.84 Å². The van der Waals surface area contributed by atoms with E-state index in [1.165, 1.54) is 18.3 Å². The van der Waals surface area contributed by atoms with E-state index >= 15 is 0 Å². The molecule has 0 unspecified atom stereocenters. The number of carbonyl (C=O) groups excluding carboxylic acids is 1. The van der Waals surface area contributed by atoms with Crippen LogP contribution in [0, 0.1) is 0 Å². The summed E-state index contributed by atoms with van der Waals surface area (Å²) in [5.41, 5.74) is 4.26. The van der Waals surface area contributed by atoms with Crippen LogP contribution in [0.3, 0.4) is 0 Å². The summed E-state index contributed by atoms with van der Waals surface area (Å²) in [6, 6.07) is 21.3. The zero-order chi connectivity index (χ0) is 19.1. The number of phenols is 1. The second-order valence-corrected chi connectivity index (χ2v) is 6.09. The number of para-hydroxylation sites is 1. The van der Waals surface area contributed by atoms with Crippen LogP contribution in [0.15, 0.2) is 77.9 Å². The number of carbonyl (C=O) groups is 1. The number of hydrazone groups is 1. The molecule has 2 N–H and O–H groups in total. The Balaban J connectivity index is 1.59. The number of hydrogen-bond donors (Lipinski definition) is 2. The fourth-order valence-electron chi connectivity index (χ4n) is 2.34. The first-order valence-corrected chi connectivity index (χ1v) is 8.59. The second kappa shape index (κ2) is 8.87. The Morgan fingerprint density at radius 3 is 2.56 bits per heavy atom. The molecule has 0 fully saturated rings. The van der Waals surface area contributed by atoms with Crippen LogP contribution in [0.5, 0.6) is 11.5 Å². The van der Waals surface area contributed by atoms with Crippen molar-refractivity contribution in [3.8, 4) is 11.5 Å². The summed E-state index contributed by atoms with van der Waals surface area (Å²) in [6.45, 7) is 0.421. The number of nitrogens with zero attached hydrogens (tertiary/aromatic N) is 1. The van der Waals surface area contributed by atoms with Crippen LogP contribution < -0.4 is 10.2 Å². The minimum Gasteiger partial charge on any atom is -0.507 e. The van der Waals surface area contributed by atoms with Gasteiger partial charge in [-0.2, -0.15) is 5.10 Å². The van der Waals surface area contributed by atoms with Gasteiger partial charge >= 0.3 is 0 Å². The van der Waals surface area contributed by atoms with Gasteiger partial charge in [0.2, 0.25) is 0 Å². The van der Waals surface area contributed by atoms with Gasteiger partial charge in [0.15, 0.2) is 0 Å². The summed E-state index contributed by atoms with van der Waals surface area (Å²) < 4.78 is 5.72. The molecule has 0 saturated carbocycles. The summed E-state index contributed by atoms with van der Waals surface area (Å²) in [5, 5.41) is 14.0. The van der Waals surface area contributed by atoms with Crippen molar-refractivity contribution in [2.75, 3.05) is 0 Å². The Kier molecular flexibility index (Phi) is 6.07. The number of ether oxygens (including phenoxy) is 1. The van der Waals surface area contributed by atoms with Gasteiger partial charge in [0.25, 0.3) is 5.91 Å². The van der Waals surface area contributed by atoms with Crippen molar-refractivity contribution in [2.45, 2.75) is 6.61 Å². The van der Waals surface area contributed by atoms with Gasteiger partial charge in [-0.3, -0.25) is 4.79 Å². The summed E-state index contributed by atoms with van der Waals surface area (Å²) in [7, 11) is 0. The van der Waals surface area contributed by atoms with Crippen molar-refractivity contribution >= 4 is 23.7 Å². The van der Waals surface area contributed by atoms with Crippen LogP contribution >= 0.6 is 11.6 Å². The molecular weight excluding hydrogens is 364 g/mol. The maximum atomic E-state index is 12.0. The highest BCUT2D eigenvalue weighted by atomic mass is 35.5. The number of benzene rings is 3. The van der Waals surface area contributed by atoms with Crippen LogP contribution in [0.4, 0.5) is 0 Å². The van der Waals surface area contributed by atoms with Crippen LogP contribution in [0.1, 0.15) is 21.5 Å². The average Bonchev–Trinajstić information content (AvgIpc) is 2.68. The lowest BCUT2D eigenvalue weighted by Crippen LogP contribution is -2.17. The van der Waals surface area contributed by atoms with Crippen molar-refractivity contribution < 1.29 is 14.6 Å². The van der Waals surface area contributed by atoms with E-state index in [0.717, 1.165) is 5.56 Å². The van der Waals surface area contributed by atoms with Gasteiger partial charge in [-0.05, 0) is 41.5 Å². The molecule has 3 aromatic rings. The van der Waals surface area contributed by atoms with E-state index in [1.807, 2.05) is 30.3 Å². The highest BCUT2D eigenvalue weighted by molar-refractivity contribution is 6.32. The highest BCUT2D eigenvalue weighted by Gasteiger charge is 2.08. The second-order valence-electron chi connectivity index (χ2n) is 5.68. The number of halogens is 1. The van der Waals surface area contributed by atoms with Gasteiger partial charge in [-0.15, -0.1) is 0 Å². The molecule has 27 heavy (non-hydrogen) atoms. The molecule has 0 aliphatic carbocycles. The lowest BCUT2D eigenvalue weighted by molar-refractivity contribution is 0.0952. The molecule has 0 atom stereocenters. The fourth-order valence-corrected chi connectivity index (χ4v) is 2.58. The van der Waals surface area contributed by atoms with Crippen LogP contribution in [-0.2, 0) is 6.61 Å². The van der Waals surface area contributed by atoms with Gasteiger partial charge in [0.1, 0.15) is 18.1 Å². The summed E-state index contributed by atoms with van der Waals surface area (Å²) in [6.07, 6.45) is 1.46. The molecule has 0 aromatic heterocycles. The number of nitrogens with one attached hydrogen (secondary N) is 1. The zero-order valence-corrected chi connectivity index (χ0v) is 15.1. The Hall–Kier alpha value is -3.31. The number of phenolic OH excluding ortho intramolecular Hbond substituents is 1. The Bertz CT molecular complexity index is 959. The SMILES string of the molecule is O=C(N/N=C\c1ccc(OCc2ccccc2)c(Cl)c1)c1ccccc1O. The number of amides is 1. The van der Waals surface area contributed by atoms with Crippen molar-refractivity contribution in [3.05, 3.63) is 94.5 Å². The first kappa shape index (κ1) is 18.5. The molecule has 3 aromatic carbocycles. The average molecular weight is 381 g/mol. The van der Waals surface area contributed by atoms with Gasteiger partial charge in [-0.1, -0.05) is 54.1 Å². The highest BCUT2D eigenvalue weighted by Crippen LogP contribution is 2.25. The predicted octanol–water partition coefficient (Wildman–Crippen LogP) is 4.39. The molecule has 0 aliphatic rings. The molecular formula is C21H17ClN2O3. The van der Waals surface area contributed by atoms with Crippen LogP contribution in [0.25, 0.3) is 0 Å². The quantitative estimate of drug-likeness (QED) is 0.492. The van der Waals surface area contributed by atoms with Crippen LogP contribution in [-0.4, -0.2) is 17.2 Å². The van der Waals surface area contributed by atoms with E-state index in [0.29, 0.717) is 22.9 Å². The molecule has 0 aliphatic heterocycles. The largest absolute Gasteiger partial charge is 0.507 e.